The van der Waals surface area contributed by atoms with Gasteiger partial charge in [0.05, 0.1) is 13.2 Å². The molecule has 0 saturated carbocycles. The highest BCUT2D eigenvalue weighted by Crippen LogP contribution is 2.33. The highest BCUT2D eigenvalue weighted by Gasteiger charge is 2.47. The molecule has 2 aliphatic heterocycles. The number of sulfonamides is 1. The SMILES string of the molecule is Cc1noc(C)c1S(=O)(=O)N1CCC(F)(C(=O)N2CCOCC2)CC1. The first kappa shape index (κ1) is 18.3. The minimum absolute atomic E-state index is 0.0263. The number of ether oxygens (including phenoxy) is 1. The first-order valence-corrected chi connectivity index (χ1v) is 9.69. The fourth-order valence-electron chi connectivity index (χ4n) is 3.32. The van der Waals surface area contributed by atoms with Crippen molar-refractivity contribution in [1.82, 2.24) is 14.4 Å². The van der Waals surface area contributed by atoms with Crippen LogP contribution in [0.2, 0.25) is 0 Å². The molecule has 1 amide bonds. The van der Waals surface area contributed by atoms with Crippen molar-refractivity contribution < 1.29 is 26.9 Å². The van der Waals surface area contributed by atoms with Crippen molar-refractivity contribution in [2.24, 2.45) is 0 Å². The van der Waals surface area contributed by atoms with Crippen molar-refractivity contribution in [1.29, 1.82) is 0 Å². The van der Waals surface area contributed by atoms with Crippen LogP contribution in [-0.2, 0) is 19.6 Å². The Morgan fingerprint density at radius 2 is 1.76 bits per heavy atom. The van der Waals surface area contributed by atoms with E-state index in [-0.39, 0.29) is 42.3 Å². The maximum Gasteiger partial charge on any atom is 0.260 e. The molecule has 0 unspecified atom stereocenters. The molecule has 0 aliphatic carbocycles. The first-order chi connectivity index (χ1) is 11.8. The number of rotatable bonds is 3. The lowest BCUT2D eigenvalue weighted by atomic mass is 9.92. The van der Waals surface area contributed by atoms with Crippen LogP contribution in [0.3, 0.4) is 0 Å². The molecule has 3 heterocycles. The van der Waals surface area contributed by atoms with Gasteiger partial charge in [-0.05, 0) is 13.8 Å². The Balaban J connectivity index is 1.72. The standard InChI is InChI=1S/C15H22FN3O5S/c1-11-13(12(2)24-17-11)25(21,22)19-5-3-15(16,4-6-19)14(20)18-7-9-23-10-8-18/h3-10H2,1-2H3. The van der Waals surface area contributed by atoms with Gasteiger partial charge in [0.2, 0.25) is 10.0 Å². The van der Waals surface area contributed by atoms with Gasteiger partial charge in [-0.2, -0.15) is 4.31 Å². The second kappa shape index (κ2) is 6.65. The Bertz CT molecular complexity index is 730. The molecule has 0 aromatic carbocycles. The number of carbonyl (C=O) groups excluding carboxylic acids is 1. The van der Waals surface area contributed by atoms with Gasteiger partial charge < -0.3 is 14.2 Å². The maximum absolute atomic E-state index is 15.1. The number of nitrogens with zero attached hydrogens (tertiary/aromatic N) is 3. The van der Waals surface area contributed by atoms with E-state index in [0.29, 0.717) is 26.3 Å². The molecule has 8 nitrogen and oxygen atoms in total. The topological polar surface area (TPSA) is 93.0 Å². The summed E-state index contributed by atoms with van der Waals surface area (Å²) in [5, 5.41) is 3.67. The van der Waals surface area contributed by atoms with Crippen LogP contribution in [0.4, 0.5) is 4.39 Å². The molecule has 1 aromatic rings. The summed E-state index contributed by atoms with van der Waals surface area (Å²) in [6, 6.07) is 0. The van der Waals surface area contributed by atoms with Gasteiger partial charge in [-0.1, -0.05) is 5.16 Å². The third kappa shape index (κ3) is 3.30. The second-order valence-corrected chi connectivity index (χ2v) is 8.30. The average molecular weight is 375 g/mol. The number of hydrogen-bond acceptors (Lipinski definition) is 6. The number of aromatic nitrogens is 1. The highest BCUT2D eigenvalue weighted by atomic mass is 32.2. The van der Waals surface area contributed by atoms with E-state index in [4.69, 9.17) is 9.26 Å². The Labute approximate surface area is 145 Å². The lowest BCUT2D eigenvalue weighted by Crippen LogP contribution is -2.55. The smallest absolute Gasteiger partial charge is 0.260 e. The summed E-state index contributed by atoms with van der Waals surface area (Å²) >= 11 is 0. The molecule has 0 N–H and O–H groups in total. The van der Waals surface area contributed by atoms with Gasteiger partial charge in [0, 0.05) is 39.0 Å². The molecular weight excluding hydrogens is 353 g/mol. The van der Waals surface area contributed by atoms with Crippen molar-refractivity contribution in [3.05, 3.63) is 11.5 Å². The van der Waals surface area contributed by atoms with Crippen LogP contribution >= 0.6 is 0 Å². The molecule has 0 spiro atoms. The largest absolute Gasteiger partial charge is 0.378 e. The molecule has 0 bridgehead atoms. The summed E-state index contributed by atoms with van der Waals surface area (Å²) in [4.78, 5) is 14.0. The number of amides is 1. The van der Waals surface area contributed by atoms with Crippen molar-refractivity contribution >= 4 is 15.9 Å². The van der Waals surface area contributed by atoms with Crippen molar-refractivity contribution in [3.63, 3.8) is 0 Å². The van der Waals surface area contributed by atoms with E-state index in [0.717, 1.165) is 0 Å². The number of hydrogen-bond donors (Lipinski definition) is 0. The monoisotopic (exact) mass is 375 g/mol. The Hall–Kier alpha value is -1.52. The Morgan fingerprint density at radius 1 is 1.16 bits per heavy atom. The molecule has 10 heteroatoms. The average Bonchev–Trinajstić information content (AvgIpc) is 2.94. The van der Waals surface area contributed by atoms with Gasteiger partial charge in [-0.15, -0.1) is 0 Å². The summed E-state index contributed by atoms with van der Waals surface area (Å²) in [5.74, 6) is -0.357. The number of aryl methyl sites for hydroxylation is 2. The van der Waals surface area contributed by atoms with Crippen LogP contribution in [-0.4, -0.2) is 73.7 Å². The van der Waals surface area contributed by atoms with Gasteiger partial charge >= 0.3 is 0 Å². The van der Waals surface area contributed by atoms with Crippen LogP contribution in [0.15, 0.2) is 9.42 Å². The molecule has 25 heavy (non-hydrogen) atoms. The lowest BCUT2D eigenvalue weighted by molar-refractivity contribution is -0.150. The van der Waals surface area contributed by atoms with Gasteiger partial charge in [0.1, 0.15) is 10.6 Å². The summed E-state index contributed by atoms with van der Waals surface area (Å²) < 4.78 is 52.0. The number of halogens is 1. The van der Waals surface area contributed by atoms with Crippen LogP contribution < -0.4 is 0 Å². The van der Waals surface area contributed by atoms with Crippen LogP contribution in [0, 0.1) is 13.8 Å². The van der Waals surface area contributed by atoms with Crippen LogP contribution in [0.1, 0.15) is 24.3 Å². The summed E-state index contributed by atoms with van der Waals surface area (Å²) in [7, 11) is -3.82. The van der Waals surface area contributed by atoms with E-state index in [1.807, 2.05) is 0 Å². The highest BCUT2D eigenvalue weighted by molar-refractivity contribution is 7.89. The summed E-state index contributed by atoms with van der Waals surface area (Å²) in [6.45, 7) is 4.49. The van der Waals surface area contributed by atoms with Gasteiger partial charge in [-0.3, -0.25) is 4.79 Å². The van der Waals surface area contributed by atoms with Gasteiger partial charge in [0.25, 0.3) is 5.91 Å². The molecule has 0 radical (unpaired) electrons. The summed E-state index contributed by atoms with van der Waals surface area (Å²) in [6.07, 6.45) is -0.322. The van der Waals surface area contributed by atoms with Crippen molar-refractivity contribution in [2.45, 2.75) is 37.3 Å². The predicted octanol–water partition coefficient (Wildman–Crippen LogP) is 0.643. The zero-order chi connectivity index (χ0) is 18.2. The van der Waals surface area contributed by atoms with Gasteiger partial charge in [0.15, 0.2) is 11.4 Å². The fourth-order valence-corrected chi connectivity index (χ4v) is 5.05. The Morgan fingerprint density at radius 3 is 2.28 bits per heavy atom. The molecule has 2 saturated heterocycles. The quantitative estimate of drug-likeness (QED) is 0.770. The van der Waals surface area contributed by atoms with E-state index in [1.54, 1.807) is 6.92 Å². The second-order valence-electron chi connectivity index (χ2n) is 6.43. The van der Waals surface area contributed by atoms with E-state index in [1.165, 1.54) is 16.1 Å². The number of morpholine rings is 1. The number of piperidine rings is 1. The molecular formula is C15H22FN3O5S. The minimum atomic E-state index is -3.82. The normalized spacial score (nSPS) is 22.1. The van der Waals surface area contributed by atoms with E-state index in [2.05, 4.69) is 5.16 Å². The van der Waals surface area contributed by atoms with E-state index in [9.17, 15) is 13.2 Å². The molecule has 2 aliphatic rings. The first-order valence-electron chi connectivity index (χ1n) is 8.25. The lowest BCUT2D eigenvalue weighted by Gasteiger charge is -2.38. The molecule has 0 atom stereocenters. The third-order valence-electron chi connectivity index (χ3n) is 4.76. The van der Waals surface area contributed by atoms with Crippen LogP contribution in [0.25, 0.3) is 0 Å². The molecule has 3 rings (SSSR count). The molecule has 1 aromatic heterocycles. The van der Waals surface area contributed by atoms with Crippen molar-refractivity contribution in [2.75, 3.05) is 39.4 Å². The van der Waals surface area contributed by atoms with Crippen LogP contribution in [0.5, 0.6) is 0 Å². The third-order valence-corrected chi connectivity index (χ3v) is 6.91. The fraction of sp³-hybridized carbons (Fsp3) is 0.733. The zero-order valence-electron chi connectivity index (χ0n) is 14.3. The molecule has 140 valence electrons. The number of carbonyl (C=O) groups is 1. The Kier molecular flexibility index (Phi) is 4.86. The predicted molar refractivity (Wildman–Crippen MR) is 85.2 cm³/mol. The number of alkyl halides is 1. The zero-order valence-corrected chi connectivity index (χ0v) is 15.1. The van der Waals surface area contributed by atoms with E-state index < -0.39 is 21.6 Å². The maximum atomic E-state index is 15.1. The van der Waals surface area contributed by atoms with Gasteiger partial charge in [-0.25, -0.2) is 12.8 Å². The molecule has 2 fully saturated rings. The van der Waals surface area contributed by atoms with Crippen molar-refractivity contribution in [3.8, 4) is 0 Å². The van der Waals surface area contributed by atoms with E-state index >= 15 is 4.39 Å². The minimum Gasteiger partial charge on any atom is -0.378 e. The summed E-state index contributed by atoms with van der Waals surface area (Å²) in [5.41, 5.74) is -1.75.